The molecule has 192 valence electrons. The molecule has 1 aliphatic rings. The first-order chi connectivity index (χ1) is 17.7. The van der Waals surface area contributed by atoms with Gasteiger partial charge in [-0.05, 0) is 54.8 Å². The molecule has 2 N–H and O–H groups in total. The van der Waals surface area contributed by atoms with Gasteiger partial charge in [0.25, 0.3) is 5.56 Å². The van der Waals surface area contributed by atoms with E-state index in [-0.39, 0.29) is 53.3 Å². The van der Waals surface area contributed by atoms with Crippen molar-refractivity contribution in [1.29, 1.82) is 0 Å². The summed E-state index contributed by atoms with van der Waals surface area (Å²) in [5, 5.41) is 10.6. The number of nitrogens with zero attached hydrogens (tertiary/aromatic N) is 5. The molecule has 37 heavy (non-hydrogen) atoms. The lowest BCUT2D eigenvalue weighted by Crippen LogP contribution is -2.38. The molecule has 1 saturated heterocycles. The Morgan fingerprint density at radius 2 is 1.89 bits per heavy atom. The number of aromatic nitrogens is 5. The Morgan fingerprint density at radius 3 is 2.57 bits per heavy atom. The van der Waals surface area contributed by atoms with Gasteiger partial charge >= 0.3 is 0 Å². The summed E-state index contributed by atoms with van der Waals surface area (Å²) in [5.41, 5.74) is 1.11. The van der Waals surface area contributed by atoms with Gasteiger partial charge in [-0.3, -0.25) is 9.59 Å². The number of hydrogen-bond acceptors (Lipinski definition) is 7. The molecule has 0 atom stereocenters. The molecular formula is C24H24FN7O4S. The maximum atomic E-state index is 13.6. The zero-order chi connectivity index (χ0) is 26.2. The molecule has 13 heteroatoms. The normalized spacial score (nSPS) is 15.2. The number of sulfonamides is 1. The van der Waals surface area contributed by atoms with Crippen LogP contribution in [0.3, 0.4) is 0 Å². The van der Waals surface area contributed by atoms with E-state index in [1.165, 1.54) is 40.2 Å². The molecule has 1 fully saturated rings. The summed E-state index contributed by atoms with van der Waals surface area (Å²) >= 11 is 0. The second-order valence-electron chi connectivity index (χ2n) is 8.88. The number of H-pyrrole nitrogens is 1. The molecule has 2 aromatic heterocycles. The molecule has 4 aromatic rings. The van der Waals surface area contributed by atoms with Crippen molar-refractivity contribution in [3.05, 3.63) is 76.1 Å². The van der Waals surface area contributed by atoms with E-state index in [0.29, 0.717) is 29.9 Å². The number of rotatable bonds is 6. The third kappa shape index (κ3) is 5.13. The molecular weight excluding hydrogens is 501 g/mol. The summed E-state index contributed by atoms with van der Waals surface area (Å²) < 4.78 is 42.7. The van der Waals surface area contributed by atoms with Crippen molar-refractivity contribution >= 4 is 32.8 Å². The lowest BCUT2D eigenvalue weighted by Gasteiger charge is -2.30. The van der Waals surface area contributed by atoms with Crippen LogP contribution in [-0.4, -0.2) is 56.7 Å². The summed E-state index contributed by atoms with van der Waals surface area (Å²) in [6, 6.07) is 12.1. The predicted octanol–water partition coefficient (Wildman–Crippen LogP) is 2.23. The van der Waals surface area contributed by atoms with E-state index in [0.717, 1.165) is 0 Å². The molecule has 1 aliphatic heterocycles. The topological polar surface area (TPSA) is 143 Å². The van der Waals surface area contributed by atoms with E-state index in [1.807, 2.05) is 0 Å². The number of anilines is 1. The van der Waals surface area contributed by atoms with E-state index in [9.17, 15) is 22.4 Å². The number of amides is 1. The number of halogens is 1. The van der Waals surface area contributed by atoms with Crippen LogP contribution >= 0.6 is 0 Å². The lowest BCUT2D eigenvalue weighted by molar-refractivity contribution is -0.114. The fourth-order valence-electron chi connectivity index (χ4n) is 4.42. The van der Waals surface area contributed by atoms with Crippen LogP contribution in [0.1, 0.15) is 37.1 Å². The van der Waals surface area contributed by atoms with Crippen molar-refractivity contribution in [2.75, 3.05) is 18.4 Å². The minimum Gasteiger partial charge on any atom is -0.326 e. The van der Waals surface area contributed by atoms with Crippen LogP contribution in [0.2, 0.25) is 0 Å². The van der Waals surface area contributed by atoms with Crippen LogP contribution < -0.4 is 10.9 Å². The van der Waals surface area contributed by atoms with Crippen molar-refractivity contribution in [1.82, 2.24) is 29.3 Å². The molecule has 3 heterocycles. The number of piperidine rings is 1. The molecule has 2 aromatic carbocycles. The molecule has 0 saturated carbocycles. The molecule has 5 rings (SSSR count). The molecule has 0 bridgehead atoms. The van der Waals surface area contributed by atoms with Gasteiger partial charge in [-0.25, -0.2) is 22.5 Å². The smallest absolute Gasteiger partial charge is 0.281 e. The zero-order valence-corrected chi connectivity index (χ0v) is 20.7. The summed E-state index contributed by atoms with van der Waals surface area (Å²) in [7, 11) is -3.72. The van der Waals surface area contributed by atoms with Crippen LogP contribution in [0.4, 0.5) is 10.1 Å². The predicted molar refractivity (Wildman–Crippen MR) is 133 cm³/mol. The van der Waals surface area contributed by atoms with Crippen molar-refractivity contribution in [3.63, 3.8) is 0 Å². The number of nitrogens with one attached hydrogen (secondary N) is 2. The van der Waals surface area contributed by atoms with Crippen LogP contribution in [0.25, 0.3) is 11.2 Å². The summed E-state index contributed by atoms with van der Waals surface area (Å²) in [6.07, 6.45) is 0.923. The van der Waals surface area contributed by atoms with Crippen LogP contribution in [0.5, 0.6) is 0 Å². The molecule has 0 radical (unpaired) electrons. The summed E-state index contributed by atoms with van der Waals surface area (Å²) in [6.45, 7) is 2.08. The van der Waals surface area contributed by atoms with Gasteiger partial charge in [-0.15, -0.1) is 5.10 Å². The maximum absolute atomic E-state index is 13.6. The molecule has 0 spiro atoms. The highest BCUT2D eigenvalue weighted by atomic mass is 32.2. The molecule has 0 aliphatic carbocycles. The molecule has 0 unspecified atom stereocenters. The number of carbonyl (C=O) groups excluding carboxylic acids is 1. The van der Waals surface area contributed by atoms with Gasteiger partial charge in [0, 0.05) is 31.6 Å². The van der Waals surface area contributed by atoms with Gasteiger partial charge in [0.15, 0.2) is 11.2 Å². The first-order valence-electron chi connectivity index (χ1n) is 11.7. The van der Waals surface area contributed by atoms with Crippen molar-refractivity contribution in [3.8, 4) is 0 Å². The van der Waals surface area contributed by atoms with Gasteiger partial charge < -0.3 is 10.3 Å². The van der Waals surface area contributed by atoms with Gasteiger partial charge in [-0.1, -0.05) is 17.3 Å². The maximum Gasteiger partial charge on any atom is 0.281 e. The van der Waals surface area contributed by atoms with E-state index < -0.39 is 15.6 Å². The van der Waals surface area contributed by atoms with Gasteiger partial charge in [0.1, 0.15) is 11.6 Å². The highest BCUT2D eigenvalue weighted by Crippen LogP contribution is 2.29. The monoisotopic (exact) mass is 525 g/mol. The van der Waals surface area contributed by atoms with Crippen molar-refractivity contribution < 1.29 is 17.6 Å². The average molecular weight is 526 g/mol. The largest absolute Gasteiger partial charge is 0.326 e. The first-order valence-corrected chi connectivity index (χ1v) is 13.1. The quantitative estimate of drug-likeness (QED) is 0.393. The minimum absolute atomic E-state index is 0.0860. The first kappa shape index (κ1) is 24.7. The van der Waals surface area contributed by atoms with E-state index >= 15 is 0 Å². The van der Waals surface area contributed by atoms with Crippen molar-refractivity contribution in [2.24, 2.45) is 0 Å². The zero-order valence-electron chi connectivity index (χ0n) is 19.9. The fourth-order valence-corrected chi connectivity index (χ4v) is 5.89. The Balaban J connectivity index is 1.32. The average Bonchev–Trinajstić information content (AvgIpc) is 3.27. The fraction of sp³-hybridized carbons (Fsp3) is 0.292. The van der Waals surface area contributed by atoms with Crippen LogP contribution in [0, 0.1) is 5.82 Å². The second kappa shape index (κ2) is 9.82. The van der Waals surface area contributed by atoms with Crippen LogP contribution in [0.15, 0.2) is 58.2 Å². The van der Waals surface area contributed by atoms with E-state index in [2.05, 4.69) is 25.6 Å². The Labute approximate surface area is 211 Å². The highest BCUT2D eigenvalue weighted by molar-refractivity contribution is 7.89. The number of aromatic amines is 1. The Bertz CT molecular complexity index is 1630. The van der Waals surface area contributed by atoms with Gasteiger partial charge in [0.2, 0.25) is 15.9 Å². The summed E-state index contributed by atoms with van der Waals surface area (Å²) in [5.74, 6) is -0.339. The van der Waals surface area contributed by atoms with Gasteiger partial charge in [-0.2, -0.15) is 4.31 Å². The van der Waals surface area contributed by atoms with E-state index in [4.69, 9.17) is 0 Å². The SMILES string of the molecule is CC(=O)Nc1ccc(S(=O)(=O)N2CCC(c3nc4c(nnn4Cc4cccc(F)c4)c(=O)[nH]3)CC2)cc1. The lowest BCUT2D eigenvalue weighted by atomic mass is 9.97. The Morgan fingerprint density at radius 1 is 1.16 bits per heavy atom. The van der Waals surface area contributed by atoms with Crippen LogP contribution in [-0.2, 0) is 21.4 Å². The standard InChI is InChI=1S/C24H24FN7O4S/c1-15(33)26-19-5-7-20(8-6-19)37(35,36)31-11-9-17(10-12-31)22-27-23-21(24(34)28-22)29-30-32(23)14-16-3-2-4-18(25)13-16/h2-8,13,17H,9-12,14H2,1H3,(H,26,33)(H,27,28,34). The molecule has 1 amide bonds. The third-order valence-corrected chi connectivity index (χ3v) is 8.18. The molecule has 11 nitrogen and oxygen atoms in total. The number of benzene rings is 2. The number of carbonyl (C=O) groups is 1. The minimum atomic E-state index is -3.72. The number of fused-ring (bicyclic) bond motifs is 1. The van der Waals surface area contributed by atoms with E-state index in [1.54, 1.807) is 24.3 Å². The van der Waals surface area contributed by atoms with Crippen molar-refractivity contribution in [2.45, 2.75) is 37.1 Å². The Hall–Kier alpha value is -3.97. The summed E-state index contributed by atoms with van der Waals surface area (Å²) in [4.78, 5) is 31.4. The second-order valence-corrected chi connectivity index (χ2v) is 10.8. The Kier molecular flexibility index (Phi) is 6.56. The highest BCUT2D eigenvalue weighted by Gasteiger charge is 2.31. The van der Waals surface area contributed by atoms with Gasteiger partial charge in [0.05, 0.1) is 11.4 Å². The third-order valence-electron chi connectivity index (χ3n) is 6.27. The number of hydrogen-bond donors (Lipinski definition) is 2.